The van der Waals surface area contributed by atoms with E-state index in [4.69, 9.17) is 10.1 Å². The maximum atomic E-state index is 10.9. The maximum absolute atomic E-state index is 10.9. The Bertz CT molecular complexity index is 776. The van der Waals surface area contributed by atoms with E-state index >= 15 is 0 Å². The summed E-state index contributed by atoms with van der Waals surface area (Å²) in [6.07, 6.45) is 2.70. The highest BCUT2D eigenvalue weighted by molar-refractivity contribution is 5.88. The number of likely N-dealkylation sites (N-methyl/N-ethyl adjacent to an activating group) is 1. The number of fused-ring (bicyclic) bond motifs is 1. The first-order valence-electron chi connectivity index (χ1n) is 8.96. The van der Waals surface area contributed by atoms with Crippen molar-refractivity contribution in [3.05, 3.63) is 24.0 Å². The molecular formula is C19H28N4O2. The monoisotopic (exact) mass is 344 g/mol. The number of likely N-dealkylation sites (tertiary alicyclic amines) is 1. The summed E-state index contributed by atoms with van der Waals surface area (Å²) in [7, 11) is 2.20. The zero-order valence-corrected chi connectivity index (χ0v) is 15.5. The number of imidazole rings is 1. The number of benzene rings is 1. The van der Waals surface area contributed by atoms with Crippen LogP contribution in [-0.4, -0.2) is 45.3 Å². The molecule has 1 aromatic carbocycles. The Morgan fingerprint density at radius 2 is 2.12 bits per heavy atom. The molecule has 1 aliphatic heterocycles. The lowest BCUT2D eigenvalue weighted by atomic mass is 9.95. The topological polar surface area (TPSA) is 70.4 Å². The molecule has 25 heavy (non-hydrogen) atoms. The molecule has 0 saturated carbocycles. The third kappa shape index (κ3) is 3.79. The molecular weight excluding hydrogens is 316 g/mol. The van der Waals surface area contributed by atoms with Gasteiger partial charge >= 0.3 is 6.09 Å². The van der Waals surface area contributed by atoms with Gasteiger partial charge in [-0.15, -0.1) is 0 Å². The Morgan fingerprint density at radius 3 is 2.76 bits per heavy atom. The third-order valence-corrected chi connectivity index (χ3v) is 4.99. The van der Waals surface area contributed by atoms with Gasteiger partial charge in [-0.1, -0.05) is 27.2 Å². The maximum Gasteiger partial charge on any atom is 0.409 e. The van der Waals surface area contributed by atoms with Crippen LogP contribution in [0.2, 0.25) is 0 Å². The van der Waals surface area contributed by atoms with Crippen LogP contribution in [0.4, 0.5) is 10.5 Å². The molecule has 3 rings (SSSR count). The lowest BCUT2D eigenvalue weighted by Gasteiger charge is -2.34. The minimum atomic E-state index is -1.06. The summed E-state index contributed by atoms with van der Waals surface area (Å²) in [5.41, 5.74) is 2.39. The number of aromatic nitrogens is 2. The Balaban J connectivity index is 2.03. The van der Waals surface area contributed by atoms with Crippen molar-refractivity contribution in [1.29, 1.82) is 0 Å². The smallest absolute Gasteiger partial charge is 0.409 e. The molecule has 0 bridgehead atoms. The lowest BCUT2D eigenvalue weighted by Crippen LogP contribution is -2.40. The molecule has 136 valence electrons. The third-order valence-electron chi connectivity index (χ3n) is 4.99. The average Bonchev–Trinajstić information content (AvgIpc) is 2.87. The van der Waals surface area contributed by atoms with Gasteiger partial charge in [0.25, 0.3) is 0 Å². The van der Waals surface area contributed by atoms with E-state index in [0.717, 1.165) is 29.9 Å². The van der Waals surface area contributed by atoms with Crippen molar-refractivity contribution in [3.8, 4) is 0 Å². The van der Waals surface area contributed by atoms with E-state index in [1.165, 1.54) is 19.3 Å². The summed E-state index contributed by atoms with van der Waals surface area (Å²) in [6, 6.07) is 6.13. The van der Waals surface area contributed by atoms with Gasteiger partial charge in [-0.25, -0.2) is 9.78 Å². The lowest BCUT2D eigenvalue weighted by molar-refractivity contribution is 0.166. The van der Waals surface area contributed by atoms with Crippen LogP contribution in [0.15, 0.2) is 18.2 Å². The van der Waals surface area contributed by atoms with E-state index in [1.807, 2.05) is 18.2 Å². The van der Waals surface area contributed by atoms with Crippen molar-refractivity contribution in [2.75, 3.05) is 18.9 Å². The molecule has 0 unspecified atom stereocenters. The van der Waals surface area contributed by atoms with Crippen molar-refractivity contribution in [1.82, 2.24) is 14.5 Å². The Labute approximate surface area is 148 Å². The highest BCUT2D eigenvalue weighted by Crippen LogP contribution is 2.29. The normalized spacial score (nSPS) is 19.3. The molecule has 2 heterocycles. The van der Waals surface area contributed by atoms with Gasteiger partial charge in [-0.3, -0.25) is 5.32 Å². The van der Waals surface area contributed by atoms with Crippen LogP contribution in [0, 0.1) is 0 Å². The predicted octanol–water partition coefficient (Wildman–Crippen LogP) is 3.91. The Kier molecular flexibility index (Phi) is 4.73. The van der Waals surface area contributed by atoms with Gasteiger partial charge in [0.15, 0.2) is 0 Å². The zero-order chi connectivity index (χ0) is 18.2. The van der Waals surface area contributed by atoms with Crippen LogP contribution in [0.5, 0.6) is 0 Å². The van der Waals surface area contributed by atoms with Gasteiger partial charge in [-0.05, 0) is 44.6 Å². The first-order chi connectivity index (χ1) is 11.8. The minimum Gasteiger partial charge on any atom is -0.465 e. The van der Waals surface area contributed by atoms with Crippen LogP contribution < -0.4 is 5.32 Å². The van der Waals surface area contributed by atoms with Gasteiger partial charge < -0.3 is 14.6 Å². The fourth-order valence-electron chi connectivity index (χ4n) is 3.67. The van der Waals surface area contributed by atoms with E-state index in [2.05, 4.69) is 42.6 Å². The fraction of sp³-hybridized carbons (Fsp3) is 0.579. The van der Waals surface area contributed by atoms with Crippen molar-refractivity contribution in [3.63, 3.8) is 0 Å². The average molecular weight is 344 g/mol. The molecule has 6 heteroatoms. The zero-order valence-electron chi connectivity index (χ0n) is 15.5. The molecule has 1 aromatic heterocycles. The van der Waals surface area contributed by atoms with Gasteiger partial charge in [0.1, 0.15) is 5.82 Å². The van der Waals surface area contributed by atoms with Crippen LogP contribution in [0.1, 0.15) is 45.9 Å². The molecule has 2 N–H and O–H groups in total. The van der Waals surface area contributed by atoms with Gasteiger partial charge in [-0.2, -0.15) is 0 Å². The minimum absolute atomic E-state index is 0.0767. The molecule has 1 amide bonds. The highest BCUT2D eigenvalue weighted by Gasteiger charge is 2.26. The quantitative estimate of drug-likeness (QED) is 0.886. The van der Waals surface area contributed by atoms with Crippen molar-refractivity contribution >= 4 is 22.8 Å². The SMILES string of the molecule is CN1CCCC[C@@H]1Cn1c(C(C)(C)C)nc2cc(NC(=O)O)ccc21. The first kappa shape index (κ1) is 17.7. The Hall–Kier alpha value is -2.08. The van der Waals surface area contributed by atoms with E-state index in [-0.39, 0.29) is 5.41 Å². The van der Waals surface area contributed by atoms with Crippen molar-refractivity contribution < 1.29 is 9.90 Å². The summed E-state index contributed by atoms with van der Waals surface area (Å²) >= 11 is 0. The number of nitrogens with zero attached hydrogens (tertiary/aromatic N) is 3. The number of nitrogens with one attached hydrogen (secondary N) is 1. The second-order valence-corrected chi connectivity index (χ2v) is 8.06. The number of carboxylic acid groups (broad SMARTS) is 1. The molecule has 2 aromatic rings. The predicted molar refractivity (Wildman–Crippen MR) is 100 cm³/mol. The summed E-state index contributed by atoms with van der Waals surface area (Å²) < 4.78 is 2.33. The Morgan fingerprint density at radius 1 is 1.36 bits per heavy atom. The van der Waals surface area contributed by atoms with Crippen molar-refractivity contribution in [2.45, 2.75) is 58.0 Å². The number of anilines is 1. The van der Waals surface area contributed by atoms with Crippen LogP contribution in [0.3, 0.4) is 0 Å². The summed E-state index contributed by atoms with van der Waals surface area (Å²) in [5.74, 6) is 1.05. The number of carbonyl (C=O) groups is 1. The van der Waals surface area contributed by atoms with Crippen LogP contribution in [-0.2, 0) is 12.0 Å². The van der Waals surface area contributed by atoms with E-state index in [0.29, 0.717) is 11.7 Å². The summed E-state index contributed by atoms with van der Waals surface area (Å²) in [4.78, 5) is 18.2. The van der Waals surface area contributed by atoms with Gasteiger partial charge in [0.2, 0.25) is 0 Å². The van der Waals surface area contributed by atoms with Gasteiger partial charge in [0, 0.05) is 23.7 Å². The molecule has 6 nitrogen and oxygen atoms in total. The molecule has 1 aliphatic rings. The number of hydrogen-bond acceptors (Lipinski definition) is 3. The number of piperidine rings is 1. The van der Waals surface area contributed by atoms with E-state index < -0.39 is 6.09 Å². The molecule has 1 fully saturated rings. The largest absolute Gasteiger partial charge is 0.465 e. The molecule has 0 aliphatic carbocycles. The number of amides is 1. The standard InChI is InChI=1S/C19H28N4O2/c1-19(2,3)17-21-15-11-13(20-18(24)25)8-9-16(15)23(17)12-14-7-5-6-10-22(14)4/h8-9,11,14,20H,5-7,10,12H2,1-4H3,(H,24,25)/t14-/m1/s1. The van der Waals surface area contributed by atoms with Crippen LogP contribution >= 0.6 is 0 Å². The second-order valence-electron chi connectivity index (χ2n) is 8.06. The highest BCUT2D eigenvalue weighted by atomic mass is 16.4. The van der Waals surface area contributed by atoms with Crippen molar-refractivity contribution in [2.24, 2.45) is 0 Å². The van der Waals surface area contributed by atoms with E-state index in [9.17, 15) is 4.79 Å². The molecule has 0 radical (unpaired) electrons. The van der Waals surface area contributed by atoms with Gasteiger partial charge in [0.05, 0.1) is 11.0 Å². The fourth-order valence-corrected chi connectivity index (χ4v) is 3.67. The molecule has 1 saturated heterocycles. The van der Waals surface area contributed by atoms with E-state index in [1.54, 1.807) is 0 Å². The molecule has 1 atom stereocenters. The molecule has 0 spiro atoms. The number of hydrogen-bond donors (Lipinski definition) is 2. The first-order valence-corrected chi connectivity index (χ1v) is 8.96. The number of rotatable bonds is 3. The second kappa shape index (κ2) is 6.67. The van der Waals surface area contributed by atoms with Crippen LogP contribution in [0.25, 0.3) is 11.0 Å². The summed E-state index contributed by atoms with van der Waals surface area (Å²) in [6.45, 7) is 8.59. The summed E-state index contributed by atoms with van der Waals surface area (Å²) in [5, 5.41) is 11.3.